The summed E-state index contributed by atoms with van der Waals surface area (Å²) in [5.74, 6) is 0.865. The van der Waals surface area contributed by atoms with E-state index in [1.807, 2.05) is 35.2 Å². The number of ether oxygens (including phenoxy) is 1. The topological polar surface area (TPSA) is 45.7 Å². The molecule has 0 aliphatic carbocycles. The molecule has 3 heterocycles. The van der Waals surface area contributed by atoms with Gasteiger partial charge in [0.15, 0.2) is 0 Å². The summed E-state index contributed by atoms with van der Waals surface area (Å²) in [4.78, 5) is 22.2. The molecule has 1 fully saturated rings. The number of carbonyl (C=O) groups excluding carboxylic acids is 1. The number of hydrogen-bond donors (Lipinski definition) is 0. The highest BCUT2D eigenvalue weighted by Gasteiger charge is 2.29. The summed E-state index contributed by atoms with van der Waals surface area (Å²) < 4.78 is 5.97. The first-order valence-electron chi connectivity index (χ1n) is 10.5. The van der Waals surface area contributed by atoms with Crippen molar-refractivity contribution in [3.8, 4) is 0 Å². The number of nitrogens with zero attached hydrogens (tertiary/aromatic N) is 3. The van der Waals surface area contributed by atoms with E-state index in [1.54, 1.807) is 6.20 Å². The smallest absolute Gasteiger partial charge is 0.262 e. The van der Waals surface area contributed by atoms with E-state index in [0.717, 1.165) is 69.9 Å². The normalized spacial score (nSPS) is 19.4. The average molecular weight is 380 g/mol. The number of carbonyl (C=O) groups is 1. The number of amides is 1. The molecule has 2 aliphatic rings. The van der Waals surface area contributed by atoms with E-state index in [1.165, 1.54) is 5.56 Å². The monoisotopic (exact) mass is 379 g/mol. The number of pyridine rings is 1. The highest BCUT2D eigenvalue weighted by atomic mass is 16.5. The quantitative estimate of drug-likeness (QED) is 0.786. The van der Waals surface area contributed by atoms with Crippen LogP contribution in [0.4, 0.5) is 11.5 Å². The first kappa shape index (κ1) is 18.9. The zero-order chi connectivity index (χ0) is 19.3. The molecular formula is C23H29N3O2. The third-order valence-electron chi connectivity index (χ3n) is 5.68. The second kappa shape index (κ2) is 8.74. The van der Waals surface area contributed by atoms with Gasteiger partial charge in [0.2, 0.25) is 0 Å². The van der Waals surface area contributed by atoms with Crippen LogP contribution in [0.5, 0.6) is 0 Å². The molecule has 0 N–H and O–H groups in total. The molecule has 1 saturated heterocycles. The molecule has 0 radical (unpaired) electrons. The van der Waals surface area contributed by atoms with Crippen LogP contribution < -0.4 is 9.80 Å². The maximum Gasteiger partial charge on any atom is 0.262 e. The first-order chi connectivity index (χ1) is 13.8. The van der Waals surface area contributed by atoms with Gasteiger partial charge >= 0.3 is 0 Å². The van der Waals surface area contributed by atoms with Crippen molar-refractivity contribution in [1.82, 2.24) is 4.98 Å². The molecule has 2 aliphatic heterocycles. The summed E-state index contributed by atoms with van der Waals surface area (Å²) in [5.41, 5.74) is 2.98. The number of benzene rings is 1. The van der Waals surface area contributed by atoms with Gasteiger partial charge in [-0.2, -0.15) is 0 Å². The summed E-state index contributed by atoms with van der Waals surface area (Å²) in [6.45, 7) is 5.50. The van der Waals surface area contributed by atoms with E-state index >= 15 is 0 Å². The van der Waals surface area contributed by atoms with Crippen LogP contribution in [-0.2, 0) is 11.2 Å². The number of hydrogen-bond acceptors (Lipinski definition) is 4. The molecule has 1 amide bonds. The Balaban J connectivity index is 1.54. The van der Waals surface area contributed by atoms with Crippen molar-refractivity contribution in [3.63, 3.8) is 0 Å². The summed E-state index contributed by atoms with van der Waals surface area (Å²) in [5, 5.41) is 0. The van der Waals surface area contributed by atoms with Gasteiger partial charge in [0.05, 0.1) is 11.7 Å². The number of rotatable bonds is 5. The van der Waals surface area contributed by atoms with E-state index in [2.05, 4.69) is 22.9 Å². The lowest BCUT2D eigenvalue weighted by Gasteiger charge is -2.26. The van der Waals surface area contributed by atoms with Crippen LogP contribution in [0.1, 0.15) is 48.5 Å². The molecule has 0 saturated carbocycles. The van der Waals surface area contributed by atoms with Gasteiger partial charge in [-0.3, -0.25) is 4.79 Å². The molecule has 0 bridgehead atoms. The van der Waals surface area contributed by atoms with Crippen molar-refractivity contribution >= 4 is 17.4 Å². The molecule has 1 aromatic heterocycles. The summed E-state index contributed by atoms with van der Waals surface area (Å²) in [6, 6.07) is 12.0. The van der Waals surface area contributed by atoms with E-state index < -0.39 is 0 Å². The summed E-state index contributed by atoms with van der Waals surface area (Å²) in [7, 11) is 0. The molecule has 4 rings (SSSR count). The fourth-order valence-electron chi connectivity index (χ4n) is 4.24. The Kier molecular flexibility index (Phi) is 5.91. The summed E-state index contributed by atoms with van der Waals surface area (Å²) >= 11 is 0. The van der Waals surface area contributed by atoms with Gasteiger partial charge in [-0.15, -0.1) is 0 Å². The van der Waals surface area contributed by atoms with E-state index in [4.69, 9.17) is 4.74 Å². The first-order valence-corrected chi connectivity index (χ1v) is 10.5. The standard InChI is InChI=1S/C23H29N3O2/c1-2-17-28-19-8-6-14-25(15-12-19)22-20(9-5-13-24-22)23(27)26-16-11-18-7-3-4-10-21(18)26/h3-5,7,9-10,13,19H,2,6,8,11-12,14-17H2,1H3. The van der Waals surface area contributed by atoms with Crippen molar-refractivity contribution in [2.75, 3.05) is 36.0 Å². The molecular weight excluding hydrogens is 350 g/mol. The van der Waals surface area contributed by atoms with Crippen molar-refractivity contribution in [2.24, 2.45) is 0 Å². The third-order valence-corrected chi connectivity index (χ3v) is 5.68. The van der Waals surface area contributed by atoms with Crippen molar-refractivity contribution in [2.45, 2.75) is 45.1 Å². The molecule has 0 spiro atoms. The van der Waals surface area contributed by atoms with E-state index in [9.17, 15) is 4.79 Å². The Morgan fingerprint density at radius 1 is 1.14 bits per heavy atom. The number of aromatic nitrogens is 1. The maximum atomic E-state index is 13.4. The highest BCUT2D eigenvalue weighted by molar-refractivity contribution is 6.10. The van der Waals surface area contributed by atoms with Crippen LogP contribution in [0.3, 0.4) is 0 Å². The Hall–Kier alpha value is -2.40. The van der Waals surface area contributed by atoms with Gasteiger partial charge < -0.3 is 14.5 Å². The summed E-state index contributed by atoms with van der Waals surface area (Å²) in [6.07, 6.45) is 7.19. The number of para-hydroxylation sites is 1. The van der Waals surface area contributed by atoms with E-state index in [0.29, 0.717) is 11.7 Å². The van der Waals surface area contributed by atoms with Crippen LogP contribution in [0, 0.1) is 0 Å². The highest BCUT2D eigenvalue weighted by Crippen LogP contribution is 2.31. The lowest BCUT2D eigenvalue weighted by atomic mass is 10.1. The van der Waals surface area contributed by atoms with Crippen molar-refractivity contribution < 1.29 is 9.53 Å². The van der Waals surface area contributed by atoms with Crippen molar-refractivity contribution in [3.05, 3.63) is 53.7 Å². The van der Waals surface area contributed by atoms with Crippen LogP contribution in [0.2, 0.25) is 0 Å². The second-order valence-corrected chi connectivity index (χ2v) is 7.62. The third kappa shape index (κ3) is 3.90. The maximum absolute atomic E-state index is 13.4. The predicted octanol–water partition coefficient (Wildman–Crippen LogP) is 4.07. The number of fused-ring (bicyclic) bond motifs is 1. The van der Waals surface area contributed by atoms with Gasteiger partial charge in [0, 0.05) is 38.1 Å². The van der Waals surface area contributed by atoms with Gasteiger partial charge in [-0.05, 0) is 55.9 Å². The lowest BCUT2D eigenvalue weighted by molar-refractivity contribution is 0.0461. The zero-order valence-electron chi connectivity index (χ0n) is 16.6. The van der Waals surface area contributed by atoms with Gasteiger partial charge in [0.1, 0.15) is 5.82 Å². The largest absolute Gasteiger partial charge is 0.378 e. The average Bonchev–Trinajstić information content (AvgIpc) is 3.03. The van der Waals surface area contributed by atoms with Crippen LogP contribution >= 0.6 is 0 Å². The Morgan fingerprint density at radius 2 is 2.04 bits per heavy atom. The Bertz CT molecular complexity index is 823. The Morgan fingerprint density at radius 3 is 2.93 bits per heavy atom. The molecule has 5 heteroatoms. The van der Waals surface area contributed by atoms with Gasteiger partial charge in [0.25, 0.3) is 5.91 Å². The van der Waals surface area contributed by atoms with E-state index in [-0.39, 0.29) is 5.91 Å². The molecule has 28 heavy (non-hydrogen) atoms. The fraction of sp³-hybridized carbons (Fsp3) is 0.478. The van der Waals surface area contributed by atoms with Crippen molar-refractivity contribution in [1.29, 1.82) is 0 Å². The fourth-order valence-corrected chi connectivity index (χ4v) is 4.24. The van der Waals surface area contributed by atoms with Crippen LogP contribution in [0.25, 0.3) is 0 Å². The minimum atomic E-state index is 0.0519. The minimum absolute atomic E-state index is 0.0519. The molecule has 5 nitrogen and oxygen atoms in total. The molecule has 148 valence electrons. The van der Waals surface area contributed by atoms with Crippen LogP contribution in [0.15, 0.2) is 42.6 Å². The molecule has 1 aromatic carbocycles. The lowest BCUT2D eigenvalue weighted by Crippen LogP contribution is -2.33. The molecule has 1 atom stereocenters. The number of anilines is 2. The molecule has 1 unspecified atom stereocenters. The Labute approximate surface area is 167 Å². The molecule has 2 aromatic rings. The SMILES string of the molecule is CCCOC1CCCN(c2ncccc2C(=O)N2CCc3ccccc32)CC1. The predicted molar refractivity (Wildman–Crippen MR) is 112 cm³/mol. The van der Waals surface area contributed by atoms with Gasteiger partial charge in [-0.25, -0.2) is 4.98 Å². The minimum Gasteiger partial charge on any atom is -0.378 e. The van der Waals surface area contributed by atoms with Crippen LogP contribution in [-0.4, -0.2) is 43.2 Å². The second-order valence-electron chi connectivity index (χ2n) is 7.62. The zero-order valence-corrected chi connectivity index (χ0v) is 16.6. The van der Waals surface area contributed by atoms with Gasteiger partial charge in [-0.1, -0.05) is 25.1 Å².